The lowest BCUT2D eigenvalue weighted by atomic mass is 9.84. The van der Waals surface area contributed by atoms with E-state index in [1.807, 2.05) is 18.5 Å². The Morgan fingerprint density at radius 3 is 3.12 bits per heavy atom. The Kier molecular flexibility index (Phi) is 4.99. The van der Waals surface area contributed by atoms with Gasteiger partial charge in [0, 0.05) is 18.4 Å². The Bertz CT molecular complexity index is 310. The molecule has 2 heteroatoms. The predicted octanol–water partition coefficient (Wildman–Crippen LogP) is 3.18. The number of nitrogens with one attached hydrogen (secondary N) is 1. The summed E-state index contributed by atoms with van der Waals surface area (Å²) < 4.78 is 0. The van der Waals surface area contributed by atoms with Gasteiger partial charge in [0.2, 0.25) is 0 Å². The first-order chi connectivity index (χ1) is 8.38. The number of aromatic nitrogens is 1. The van der Waals surface area contributed by atoms with Gasteiger partial charge in [-0.2, -0.15) is 0 Å². The van der Waals surface area contributed by atoms with E-state index in [0.29, 0.717) is 0 Å². The predicted molar refractivity (Wildman–Crippen MR) is 72.0 cm³/mol. The first kappa shape index (κ1) is 12.6. The Morgan fingerprint density at radius 1 is 1.41 bits per heavy atom. The van der Waals surface area contributed by atoms with Gasteiger partial charge in [-0.05, 0) is 43.4 Å². The summed E-state index contributed by atoms with van der Waals surface area (Å²) in [6.07, 6.45) is 11.8. The average molecular weight is 232 g/mol. The molecule has 1 aliphatic carbocycles. The molecule has 0 saturated heterocycles. The van der Waals surface area contributed by atoms with Crippen LogP contribution in [0.25, 0.3) is 0 Å². The molecule has 2 atom stereocenters. The van der Waals surface area contributed by atoms with Crippen molar-refractivity contribution >= 4 is 0 Å². The first-order valence-corrected chi connectivity index (χ1v) is 7.00. The molecule has 0 aliphatic heterocycles. The minimum Gasteiger partial charge on any atom is -0.314 e. The second kappa shape index (κ2) is 6.75. The van der Waals surface area contributed by atoms with Crippen molar-refractivity contribution in [2.24, 2.45) is 5.92 Å². The lowest BCUT2D eigenvalue weighted by molar-refractivity contribution is 0.280. The summed E-state index contributed by atoms with van der Waals surface area (Å²) in [6.45, 7) is 3.41. The molecule has 1 aromatic rings. The van der Waals surface area contributed by atoms with Gasteiger partial charge in [-0.1, -0.05) is 32.3 Å². The Morgan fingerprint density at radius 2 is 2.35 bits per heavy atom. The third-order valence-electron chi connectivity index (χ3n) is 3.93. The first-order valence-electron chi connectivity index (χ1n) is 7.00. The normalized spacial score (nSPS) is 24.8. The summed E-state index contributed by atoms with van der Waals surface area (Å²) in [6, 6.07) is 4.93. The van der Waals surface area contributed by atoms with Crippen LogP contribution in [0.5, 0.6) is 0 Å². The molecule has 94 valence electrons. The third kappa shape index (κ3) is 4.12. The fourth-order valence-electron chi connectivity index (χ4n) is 2.81. The average Bonchev–Trinajstić information content (AvgIpc) is 2.40. The van der Waals surface area contributed by atoms with Crippen molar-refractivity contribution in [2.45, 2.75) is 51.5 Å². The quantitative estimate of drug-likeness (QED) is 0.843. The van der Waals surface area contributed by atoms with E-state index in [-0.39, 0.29) is 0 Å². The topological polar surface area (TPSA) is 24.9 Å². The number of nitrogens with zero attached hydrogens (tertiary/aromatic N) is 1. The van der Waals surface area contributed by atoms with Gasteiger partial charge in [0.25, 0.3) is 0 Å². The molecule has 1 aromatic heterocycles. The van der Waals surface area contributed by atoms with Gasteiger partial charge in [-0.25, -0.2) is 0 Å². The van der Waals surface area contributed by atoms with Crippen LogP contribution in [0, 0.1) is 5.92 Å². The van der Waals surface area contributed by atoms with E-state index in [0.717, 1.165) is 24.9 Å². The third-order valence-corrected chi connectivity index (χ3v) is 3.93. The molecule has 1 N–H and O–H groups in total. The van der Waals surface area contributed by atoms with E-state index in [1.54, 1.807) is 0 Å². The van der Waals surface area contributed by atoms with Gasteiger partial charge in [-0.15, -0.1) is 0 Å². The maximum absolute atomic E-state index is 4.15. The molecule has 1 fully saturated rings. The van der Waals surface area contributed by atoms with E-state index in [1.165, 1.54) is 37.7 Å². The van der Waals surface area contributed by atoms with Crippen LogP contribution in [-0.4, -0.2) is 17.6 Å². The summed E-state index contributed by atoms with van der Waals surface area (Å²) >= 11 is 0. The van der Waals surface area contributed by atoms with E-state index in [9.17, 15) is 0 Å². The highest BCUT2D eigenvalue weighted by atomic mass is 14.9. The van der Waals surface area contributed by atoms with Crippen LogP contribution >= 0.6 is 0 Å². The highest BCUT2D eigenvalue weighted by molar-refractivity contribution is 5.08. The van der Waals surface area contributed by atoms with E-state index in [4.69, 9.17) is 0 Å². The molecule has 0 aromatic carbocycles. The number of pyridine rings is 1. The van der Waals surface area contributed by atoms with Crippen LogP contribution in [-0.2, 0) is 6.42 Å². The second-order valence-corrected chi connectivity index (χ2v) is 5.20. The van der Waals surface area contributed by atoms with Crippen molar-refractivity contribution in [3.05, 3.63) is 30.1 Å². The summed E-state index contributed by atoms with van der Waals surface area (Å²) in [4.78, 5) is 4.15. The van der Waals surface area contributed by atoms with Gasteiger partial charge in [-0.3, -0.25) is 4.98 Å². The van der Waals surface area contributed by atoms with Crippen LogP contribution < -0.4 is 5.32 Å². The smallest absolute Gasteiger partial charge is 0.0300 e. The van der Waals surface area contributed by atoms with Crippen LogP contribution in [0.15, 0.2) is 24.5 Å². The van der Waals surface area contributed by atoms with Crippen LogP contribution in [0.1, 0.15) is 44.6 Å². The minimum atomic E-state index is 0.755. The molecule has 17 heavy (non-hydrogen) atoms. The molecule has 0 spiro atoms. The zero-order chi connectivity index (χ0) is 11.9. The summed E-state index contributed by atoms with van der Waals surface area (Å²) in [5, 5.41) is 3.71. The van der Waals surface area contributed by atoms with Crippen LogP contribution in [0.2, 0.25) is 0 Å². The molecule has 0 amide bonds. The van der Waals surface area contributed by atoms with Crippen molar-refractivity contribution in [1.82, 2.24) is 10.3 Å². The number of hydrogen-bond donors (Lipinski definition) is 1. The summed E-state index contributed by atoms with van der Waals surface area (Å²) in [5.74, 6) is 0.958. The van der Waals surface area contributed by atoms with E-state index in [2.05, 4.69) is 23.3 Å². The molecule has 0 radical (unpaired) electrons. The number of rotatable bonds is 5. The van der Waals surface area contributed by atoms with Gasteiger partial charge in [0.15, 0.2) is 0 Å². The van der Waals surface area contributed by atoms with Crippen molar-refractivity contribution < 1.29 is 0 Å². The van der Waals surface area contributed by atoms with Crippen molar-refractivity contribution in [1.29, 1.82) is 0 Å². The molecular weight excluding hydrogens is 208 g/mol. The van der Waals surface area contributed by atoms with Crippen LogP contribution in [0.3, 0.4) is 0 Å². The molecule has 2 rings (SSSR count). The zero-order valence-electron chi connectivity index (χ0n) is 10.9. The summed E-state index contributed by atoms with van der Waals surface area (Å²) in [7, 11) is 0. The molecule has 1 aliphatic rings. The molecule has 0 bridgehead atoms. The molecule has 1 saturated carbocycles. The van der Waals surface area contributed by atoms with Gasteiger partial charge in [0.05, 0.1) is 0 Å². The fourth-order valence-corrected chi connectivity index (χ4v) is 2.81. The SMILES string of the molecule is CC[C@@H]1CCC[C@H](NCCc2cccnc2)C1. The maximum atomic E-state index is 4.15. The fraction of sp³-hybridized carbons (Fsp3) is 0.667. The highest BCUT2D eigenvalue weighted by Crippen LogP contribution is 2.26. The monoisotopic (exact) mass is 232 g/mol. The van der Waals surface area contributed by atoms with Crippen LogP contribution in [0.4, 0.5) is 0 Å². The lowest BCUT2D eigenvalue weighted by Crippen LogP contribution is -2.35. The number of hydrogen-bond acceptors (Lipinski definition) is 2. The lowest BCUT2D eigenvalue weighted by Gasteiger charge is -2.29. The van der Waals surface area contributed by atoms with Crippen molar-refractivity contribution in [3.8, 4) is 0 Å². The molecule has 0 unspecified atom stereocenters. The minimum absolute atomic E-state index is 0.755. The summed E-state index contributed by atoms with van der Waals surface area (Å²) in [5.41, 5.74) is 1.34. The van der Waals surface area contributed by atoms with E-state index >= 15 is 0 Å². The van der Waals surface area contributed by atoms with Crippen molar-refractivity contribution in [2.75, 3.05) is 6.54 Å². The molecule has 1 heterocycles. The Balaban J connectivity index is 1.68. The van der Waals surface area contributed by atoms with E-state index < -0.39 is 0 Å². The highest BCUT2D eigenvalue weighted by Gasteiger charge is 2.19. The second-order valence-electron chi connectivity index (χ2n) is 5.20. The van der Waals surface area contributed by atoms with Crippen molar-refractivity contribution in [3.63, 3.8) is 0 Å². The Labute approximate surface area is 105 Å². The Hall–Kier alpha value is -0.890. The standard InChI is InChI=1S/C15H24N2/c1-2-13-5-3-7-15(11-13)17-10-8-14-6-4-9-16-12-14/h4,6,9,12-13,15,17H,2-3,5,7-8,10-11H2,1H3/t13-,15+/m1/s1. The van der Waals surface area contributed by atoms with Gasteiger partial charge < -0.3 is 5.32 Å². The maximum Gasteiger partial charge on any atom is 0.0300 e. The van der Waals surface area contributed by atoms with Gasteiger partial charge >= 0.3 is 0 Å². The zero-order valence-corrected chi connectivity index (χ0v) is 10.9. The largest absolute Gasteiger partial charge is 0.314 e. The molecule has 2 nitrogen and oxygen atoms in total. The molecular formula is C15H24N2. The van der Waals surface area contributed by atoms with Gasteiger partial charge in [0.1, 0.15) is 0 Å².